The molecule has 156 valence electrons. The second-order valence-corrected chi connectivity index (χ2v) is 7.13. The van der Waals surface area contributed by atoms with Gasteiger partial charge in [-0.2, -0.15) is 5.10 Å². The zero-order valence-corrected chi connectivity index (χ0v) is 17.1. The van der Waals surface area contributed by atoms with Crippen LogP contribution >= 0.6 is 0 Å². The lowest BCUT2D eigenvalue weighted by molar-refractivity contribution is -0.384. The number of aryl methyl sites for hydroxylation is 1. The number of hydrazone groups is 1. The highest BCUT2D eigenvalue weighted by atomic mass is 16.6. The number of ether oxygens (including phenoxy) is 1. The summed E-state index contributed by atoms with van der Waals surface area (Å²) in [4.78, 5) is 10.3. The van der Waals surface area contributed by atoms with Crippen LogP contribution in [0.1, 0.15) is 11.1 Å². The quantitative estimate of drug-likeness (QED) is 0.238. The van der Waals surface area contributed by atoms with Crippen molar-refractivity contribution in [2.75, 3.05) is 12.0 Å². The second kappa shape index (κ2) is 9.13. The minimum atomic E-state index is -0.426. The first-order valence-corrected chi connectivity index (χ1v) is 9.91. The summed E-state index contributed by atoms with van der Waals surface area (Å²) in [7, 11) is 0. The first-order valence-electron chi connectivity index (χ1n) is 9.91. The second-order valence-electron chi connectivity index (χ2n) is 7.13. The molecule has 0 fully saturated rings. The van der Waals surface area contributed by atoms with Crippen molar-refractivity contribution >= 4 is 28.5 Å². The van der Waals surface area contributed by atoms with Gasteiger partial charge in [0.05, 0.1) is 23.4 Å². The van der Waals surface area contributed by atoms with Gasteiger partial charge in [0.2, 0.25) is 0 Å². The molecule has 0 unspecified atom stereocenters. The number of hydrogen-bond donors (Lipinski definition) is 1. The summed E-state index contributed by atoms with van der Waals surface area (Å²) in [6, 6.07) is 22.3. The monoisotopic (exact) mass is 414 g/mol. The van der Waals surface area contributed by atoms with E-state index in [1.807, 2.05) is 49.5 Å². The maximum absolute atomic E-state index is 10.8. The molecule has 4 rings (SSSR count). The van der Waals surface area contributed by atoms with Crippen LogP contribution in [0.4, 0.5) is 11.4 Å². The van der Waals surface area contributed by atoms with E-state index < -0.39 is 4.92 Å². The summed E-state index contributed by atoms with van der Waals surface area (Å²) in [5.41, 5.74) is 6.89. The molecule has 1 N–H and O–H groups in total. The summed E-state index contributed by atoms with van der Waals surface area (Å²) >= 11 is 0. The fourth-order valence-corrected chi connectivity index (χ4v) is 3.36. The van der Waals surface area contributed by atoms with Crippen molar-refractivity contribution in [3.63, 3.8) is 0 Å². The van der Waals surface area contributed by atoms with Gasteiger partial charge in [-0.15, -0.1) is 0 Å². The number of rotatable bonds is 8. The van der Waals surface area contributed by atoms with Crippen molar-refractivity contribution in [3.05, 3.63) is 100 Å². The zero-order chi connectivity index (χ0) is 21.6. The van der Waals surface area contributed by atoms with Crippen molar-refractivity contribution in [1.82, 2.24) is 4.57 Å². The van der Waals surface area contributed by atoms with Gasteiger partial charge < -0.3 is 9.30 Å². The lowest BCUT2D eigenvalue weighted by atomic mass is 10.2. The average molecular weight is 414 g/mol. The third-order valence-corrected chi connectivity index (χ3v) is 4.89. The fraction of sp³-hybridized carbons (Fsp3) is 0.125. The Balaban J connectivity index is 1.45. The van der Waals surface area contributed by atoms with Crippen molar-refractivity contribution in [1.29, 1.82) is 0 Å². The molecule has 0 atom stereocenters. The Hall–Kier alpha value is -4.13. The van der Waals surface area contributed by atoms with Crippen molar-refractivity contribution < 1.29 is 9.66 Å². The largest absolute Gasteiger partial charge is 0.492 e. The van der Waals surface area contributed by atoms with Gasteiger partial charge in [-0.1, -0.05) is 30.3 Å². The lowest BCUT2D eigenvalue weighted by Crippen LogP contribution is -2.07. The summed E-state index contributed by atoms with van der Waals surface area (Å²) < 4.78 is 8.05. The van der Waals surface area contributed by atoms with Gasteiger partial charge in [-0.25, -0.2) is 0 Å². The molecule has 0 bridgehead atoms. The average Bonchev–Trinajstić information content (AvgIpc) is 3.12. The van der Waals surface area contributed by atoms with Gasteiger partial charge in [0.25, 0.3) is 5.69 Å². The number of nitrogens with zero attached hydrogens (tertiary/aromatic N) is 3. The number of fused-ring (bicyclic) bond motifs is 1. The predicted molar refractivity (Wildman–Crippen MR) is 123 cm³/mol. The third-order valence-electron chi connectivity index (χ3n) is 4.89. The molecule has 7 nitrogen and oxygen atoms in total. The van der Waals surface area contributed by atoms with E-state index in [0.29, 0.717) is 18.8 Å². The SMILES string of the molecule is Cc1cccc(OCCn2cc(/C=N\Nc3ccc([N+](=O)[O-])cc3)c3ccccc32)c1. The number of non-ortho nitro benzene ring substituents is 1. The number of para-hydroxylation sites is 1. The molecular weight excluding hydrogens is 392 g/mol. The molecule has 1 heterocycles. The summed E-state index contributed by atoms with van der Waals surface area (Å²) in [5.74, 6) is 0.866. The molecule has 3 aromatic carbocycles. The normalized spacial score (nSPS) is 11.1. The Labute approximate surface area is 179 Å². The van der Waals surface area contributed by atoms with E-state index >= 15 is 0 Å². The smallest absolute Gasteiger partial charge is 0.269 e. The van der Waals surface area contributed by atoms with Gasteiger partial charge in [-0.05, 0) is 42.8 Å². The molecule has 0 saturated heterocycles. The Kier molecular flexibility index (Phi) is 5.93. The molecule has 0 radical (unpaired) electrons. The topological polar surface area (TPSA) is 81.7 Å². The molecule has 0 aliphatic carbocycles. The Morgan fingerprint density at radius 1 is 1.10 bits per heavy atom. The fourth-order valence-electron chi connectivity index (χ4n) is 3.36. The van der Waals surface area contributed by atoms with Crippen molar-refractivity contribution in [3.8, 4) is 5.75 Å². The highest BCUT2D eigenvalue weighted by Gasteiger charge is 2.07. The number of nitrogens with one attached hydrogen (secondary N) is 1. The minimum absolute atomic E-state index is 0.0467. The van der Waals surface area contributed by atoms with Crippen molar-refractivity contribution in [2.45, 2.75) is 13.5 Å². The van der Waals surface area contributed by atoms with Crippen LogP contribution in [-0.4, -0.2) is 22.3 Å². The first-order chi connectivity index (χ1) is 15.1. The van der Waals surface area contributed by atoms with E-state index in [1.165, 1.54) is 17.7 Å². The molecule has 0 aliphatic heterocycles. The summed E-state index contributed by atoms with van der Waals surface area (Å²) in [5, 5.41) is 16.1. The first kappa shape index (κ1) is 20.2. The molecule has 0 saturated carbocycles. The zero-order valence-electron chi connectivity index (χ0n) is 17.1. The maximum Gasteiger partial charge on any atom is 0.269 e. The summed E-state index contributed by atoms with van der Waals surface area (Å²) in [6.45, 7) is 3.31. The van der Waals surface area contributed by atoms with E-state index in [1.54, 1.807) is 18.3 Å². The predicted octanol–water partition coefficient (Wildman–Crippen LogP) is 5.38. The molecule has 4 aromatic rings. The van der Waals surface area contributed by atoms with Gasteiger partial charge >= 0.3 is 0 Å². The molecule has 31 heavy (non-hydrogen) atoms. The van der Waals surface area contributed by atoms with Gasteiger partial charge in [0.15, 0.2) is 0 Å². The summed E-state index contributed by atoms with van der Waals surface area (Å²) in [6.07, 6.45) is 3.80. The molecular formula is C24H22N4O3. The molecule has 0 spiro atoms. The minimum Gasteiger partial charge on any atom is -0.492 e. The third kappa shape index (κ3) is 4.90. The van der Waals surface area contributed by atoms with Crippen LogP contribution in [0.3, 0.4) is 0 Å². The van der Waals surface area contributed by atoms with Crippen LogP contribution in [-0.2, 0) is 6.54 Å². The van der Waals surface area contributed by atoms with Crippen LogP contribution in [0.15, 0.2) is 84.1 Å². The van der Waals surface area contributed by atoms with Gasteiger partial charge in [0, 0.05) is 34.8 Å². The lowest BCUT2D eigenvalue weighted by Gasteiger charge is -2.08. The molecule has 7 heteroatoms. The van der Waals surface area contributed by atoms with Gasteiger partial charge in [0.1, 0.15) is 12.4 Å². The van der Waals surface area contributed by atoms with E-state index in [2.05, 4.69) is 27.2 Å². The Bertz CT molecular complexity index is 1230. The highest BCUT2D eigenvalue weighted by Crippen LogP contribution is 2.21. The van der Waals surface area contributed by atoms with Crippen LogP contribution in [0.25, 0.3) is 10.9 Å². The number of benzene rings is 3. The number of hydrogen-bond acceptors (Lipinski definition) is 5. The number of nitro benzene ring substituents is 1. The molecule has 1 aromatic heterocycles. The van der Waals surface area contributed by atoms with E-state index in [0.717, 1.165) is 22.2 Å². The van der Waals surface area contributed by atoms with Crippen LogP contribution in [0.5, 0.6) is 5.75 Å². The number of anilines is 1. The van der Waals surface area contributed by atoms with E-state index in [9.17, 15) is 10.1 Å². The Morgan fingerprint density at radius 3 is 2.68 bits per heavy atom. The number of nitro groups is 1. The van der Waals surface area contributed by atoms with Crippen LogP contribution in [0, 0.1) is 17.0 Å². The van der Waals surface area contributed by atoms with E-state index in [-0.39, 0.29) is 5.69 Å². The standard InChI is InChI=1S/C24H22N4O3/c1-18-5-4-6-22(15-18)31-14-13-27-17-19(23-7-2-3-8-24(23)27)16-25-26-20-9-11-21(12-10-20)28(29)30/h2-12,15-17,26H,13-14H2,1H3/b25-16-. The maximum atomic E-state index is 10.8. The van der Waals surface area contributed by atoms with E-state index in [4.69, 9.17) is 4.74 Å². The van der Waals surface area contributed by atoms with Crippen LogP contribution < -0.4 is 10.2 Å². The van der Waals surface area contributed by atoms with Gasteiger partial charge in [-0.3, -0.25) is 15.5 Å². The Morgan fingerprint density at radius 2 is 1.90 bits per heavy atom. The molecule has 0 aliphatic rings. The van der Waals surface area contributed by atoms with Crippen LogP contribution in [0.2, 0.25) is 0 Å². The molecule has 0 amide bonds. The van der Waals surface area contributed by atoms with Crippen molar-refractivity contribution in [2.24, 2.45) is 5.10 Å². The highest BCUT2D eigenvalue weighted by molar-refractivity contribution is 5.99. The number of aromatic nitrogens is 1.